The Balaban J connectivity index is 2.20. The molecular weight excluding hydrogens is 300 g/mol. The van der Waals surface area contributed by atoms with Crippen molar-refractivity contribution < 1.29 is 9.72 Å². The fourth-order valence-electron chi connectivity index (χ4n) is 1.81. The second kappa shape index (κ2) is 6.57. The van der Waals surface area contributed by atoms with Gasteiger partial charge in [0.2, 0.25) is 5.91 Å². The van der Waals surface area contributed by atoms with Crippen molar-refractivity contribution in [3.05, 3.63) is 46.3 Å². The summed E-state index contributed by atoms with van der Waals surface area (Å²) in [5.74, 6) is -0.121. The summed E-state index contributed by atoms with van der Waals surface area (Å²) in [5, 5.41) is 26.8. The first kappa shape index (κ1) is 16.0. The molecule has 0 bridgehead atoms. The van der Waals surface area contributed by atoms with Gasteiger partial charge in [-0.3, -0.25) is 19.6 Å². The molecule has 9 nitrogen and oxygen atoms in total. The molecule has 0 fully saturated rings. The summed E-state index contributed by atoms with van der Waals surface area (Å²) in [4.78, 5) is 23.6. The number of nitro groups is 1. The minimum atomic E-state index is -0.566. The third-order valence-corrected chi connectivity index (χ3v) is 3.03. The van der Waals surface area contributed by atoms with Crippen LogP contribution in [0, 0.1) is 21.4 Å². The van der Waals surface area contributed by atoms with Crippen LogP contribution >= 0.6 is 0 Å². The second-order valence-electron chi connectivity index (χ2n) is 4.94. The standard InChI is InChI=1S/C14H14N6O3/c1-18(2)14(21)9-19-8-11(7-16-19)17-12-4-3-10(6-15)5-13(12)20(22)23/h3-5,7-8,17H,9H2,1-2H3. The summed E-state index contributed by atoms with van der Waals surface area (Å²) in [6.45, 7) is 0.0736. The Morgan fingerprint density at radius 2 is 2.26 bits per heavy atom. The molecule has 1 amide bonds. The molecule has 0 spiro atoms. The number of rotatable bonds is 5. The molecule has 0 aliphatic heterocycles. The van der Waals surface area contributed by atoms with Gasteiger partial charge in [0.15, 0.2) is 0 Å². The van der Waals surface area contributed by atoms with Gasteiger partial charge in [0.1, 0.15) is 12.2 Å². The molecule has 2 rings (SSSR count). The fourth-order valence-corrected chi connectivity index (χ4v) is 1.81. The monoisotopic (exact) mass is 314 g/mol. The molecule has 0 atom stereocenters. The number of anilines is 2. The Morgan fingerprint density at radius 1 is 1.52 bits per heavy atom. The van der Waals surface area contributed by atoms with Gasteiger partial charge in [0, 0.05) is 26.4 Å². The molecule has 2 aromatic rings. The first-order valence-electron chi connectivity index (χ1n) is 6.59. The summed E-state index contributed by atoms with van der Waals surface area (Å²) in [7, 11) is 3.29. The van der Waals surface area contributed by atoms with Crippen LogP contribution in [-0.4, -0.2) is 39.6 Å². The topological polar surface area (TPSA) is 117 Å². The Morgan fingerprint density at radius 3 is 2.87 bits per heavy atom. The van der Waals surface area contributed by atoms with Crippen molar-refractivity contribution in [1.29, 1.82) is 5.26 Å². The first-order valence-corrected chi connectivity index (χ1v) is 6.59. The quantitative estimate of drug-likeness (QED) is 0.660. The van der Waals surface area contributed by atoms with Gasteiger partial charge < -0.3 is 10.2 Å². The number of nitrogens with one attached hydrogen (secondary N) is 1. The van der Waals surface area contributed by atoms with Crippen molar-refractivity contribution in [1.82, 2.24) is 14.7 Å². The lowest BCUT2D eigenvalue weighted by Gasteiger charge is -2.09. The third kappa shape index (κ3) is 3.82. The molecule has 0 radical (unpaired) electrons. The highest BCUT2D eigenvalue weighted by Gasteiger charge is 2.15. The van der Waals surface area contributed by atoms with Crippen molar-refractivity contribution in [2.75, 3.05) is 19.4 Å². The molecule has 118 valence electrons. The highest BCUT2D eigenvalue weighted by atomic mass is 16.6. The zero-order valence-corrected chi connectivity index (χ0v) is 12.6. The summed E-state index contributed by atoms with van der Waals surface area (Å²) in [6, 6.07) is 5.99. The number of benzene rings is 1. The van der Waals surface area contributed by atoms with Crippen LogP contribution in [0.5, 0.6) is 0 Å². The number of nitrogens with zero attached hydrogens (tertiary/aromatic N) is 5. The maximum atomic E-state index is 11.6. The number of likely N-dealkylation sites (N-methyl/N-ethyl adjacent to an activating group) is 1. The van der Waals surface area contributed by atoms with E-state index in [4.69, 9.17) is 5.26 Å². The fraction of sp³-hybridized carbons (Fsp3) is 0.214. The van der Waals surface area contributed by atoms with Gasteiger partial charge in [0.25, 0.3) is 5.69 Å². The number of nitriles is 1. The summed E-state index contributed by atoms with van der Waals surface area (Å²) in [6.07, 6.45) is 3.04. The predicted octanol–water partition coefficient (Wildman–Crippen LogP) is 1.49. The number of amides is 1. The molecule has 23 heavy (non-hydrogen) atoms. The molecule has 1 aromatic carbocycles. The number of hydrogen-bond acceptors (Lipinski definition) is 6. The Bertz CT molecular complexity index is 790. The average molecular weight is 314 g/mol. The van der Waals surface area contributed by atoms with Gasteiger partial charge in [-0.15, -0.1) is 0 Å². The van der Waals surface area contributed by atoms with Gasteiger partial charge in [-0.25, -0.2) is 0 Å². The van der Waals surface area contributed by atoms with Crippen LogP contribution < -0.4 is 5.32 Å². The molecular formula is C14H14N6O3. The van der Waals surface area contributed by atoms with E-state index in [1.165, 1.54) is 34.0 Å². The van der Waals surface area contributed by atoms with Crippen LogP contribution in [0.25, 0.3) is 0 Å². The molecule has 0 saturated carbocycles. The maximum Gasteiger partial charge on any atom is 0.293 e. The number of carbonyl (C=O) groups excluding carboxylic acids is 1. The van der Waals surface area contributed by atoms with E-state index in [2.05, 4.69) is 10.4 Å². The van der Waals surface area contributed by atoms with Gasteiger partial charge in [0.05, 0.1) is 28.4 Å². The smallest absolute Gasteiger partial charge is 0.293 e. The Kier molecular flexibility index (Phi) is 4.56. The van der Waals surface area contributed by atoms with Crippen LogP contribution in [-0.2, 0) is 11.3 Å². The zero-order valence-electron chi connectivity index (χ0n) is 12.6. The highest BCUT2D eigenvalue weighted by molar-refractivity contribution is 5.75. The van der Waals surface area contributed by atoms with E-state index in [-0.39, 0.29) is 29.4 Å². The van der Waals surface area contributed by atoms with E-state index in [9.17, 15) is 14.9 Å². The van der Waals surface area contributed by atoms with E-state index in [0.717, 1.165) is 0 Å². The molecule has 1 heterocycles. The minimum Gasteiger partial charge on any atom is -0.347 e. The normalized spacial score (nSPS) is 9.96. The van der Waals surface area contributed by atoms with Crippen molar-refractivity contribution in [2.45, 2.75) is 6.54 Å². The van der Waals surface area contributed by atoms with E-state index >= 15 is 0 Å². The third-order valence-electron chi connectivity index (χ3n) is 3.03. The number of nitro benzene ring substituents is 1. The maximum absolute atomic E-state index is 11.6. The average Bonchev–Trinajstić information content (AvgIpc) is 2.94. The zero-order chi connectivity index (χ0) is 17.0. The van der Waals surface area contributed by atoms with Crippen molar-refractivity contribution >= 4 is 23.0 Å². The van der Waals surface area contributed by atoms with Crippen LogP contribution in [0.3, 0.4) is 0 Å². The Hall–Kier alpha value is -3.41. The van der Waals surface area contributed by atoms with Gasteiger partial charge in [-0.2, -0.15) is 10.4 Å². The summed E-state index contributed by atoms with van der Waals surface area (Å²) in [5.41, 5.74) is 0.743. The molecule has 1 aromatic heterocycles. The second-order valence-corrected chi connectivity index (χ2v) is 4.94. The van der Waals surface area contributed by atoms with Crippen molar-refractivity contribution in [2.24, 2.45) is 0 Å². The molecule has 0 saturated heterocycles. The molecule has 1 N–H and O–H groups in total. The number of carbonyl (C=O) groups is 1. The van der Waals surface area contributed by atoms with Crippen LogP contribution in [0.1, 0.15) is 5.56 Å². The SMILES string of the molecule is CN(C)C(=O)Cn1cc(Nc2ccc(C#N)cc2[N+](=O)[O-])cn1. The van der Waals surface area contributed by atoms with Crippen LogP contribution in [0.2, 0.25) is 0 Å². The van der Waals surface area contributed by atoms with Crippen molar-refractivity contribution in [3.63, 3.8) is 0 Å². The lowest BCUT2D eigenvalue weighted by atomic mass is 10.2. The van der Waals surface area contributed by atoms with E-state index in [0.29, 0.717) is 5.69 Å². The van der Waals surface area contributed by atoms with Gasteiger partial charge in [-0.1, -0.05) is 0 Å². The molecule has 0 unspecified atom stereocenters. The van der Waals surface area contributed by atoms with Crippen LogP contribution in [0.15, 0.2) is 30.6 Å². The van der Waals surface area contributed by atoms with E-state index < -0.39 is 4.92 Å². The minimum absolute atomic E-state index is 0.0736. The van der Waals surface area contributed by atoms with Crippen molar-refractivity contribution in [3.8, 4) is 6.07 Å². The van der Waals surface area contributed by atoms with Crippen LogP contribution in [0.4, 0.5) is 17.1 Å². The largest absolute Gasteiger partial charge is 0.347 e. The highest BCUT2D eigenvalue weighted by Crippen LogP contribution is 2.28. The summed E-state index contributed by atoms with van der Waals surface area (Å²) >= 11 is 0. The lowest BCUT2D eigenvalue weighted by molar-refractivity contribution is -0.383. The number of aromatic nitrogens is 2. The molecule has 0 aliphatic carbocycles. The lowest BCUT2D eigenvalue weighted by Crippen LogP contribution is -2.26. The molecule has 9 heteroatoms. The van der Waals surface area contributed by atoms with Gasteiger partial charge >= 0.3 is 0 Å². The summed E-state index contributed by atoms with van der Waals surface area (Å²) < 4.78 is 1.43. The predicted molar refractivity (Wildman–Crippen MR) is 82.0 cm³/mol. The Labute approximate surface area is 131 Å². The van der Waals surface area contributed by atoms with Gasteiger partial charge in [-0.05, 0) is 12.1 Å². The number of hydrogen-bond donors (Lipinski definition) is 1. The van der Waals surface area contributed by atoms with E-state index in [1.807, 2.05) is 6.07 Å². The van der Waals surface area contributed by atoms with E-state index in [1.54, 1.807) is 20.3 Å². The molecule has 0 aliphatic rings. The first-order chi connectivity index (χ1) is 10.9.